The molecule has 138 valence electrons. The first kappa shape index (κ1) is 17.1. The van der Waals surface area contributed by atoms with Gasteiger partial charge in [0, 0.05) is 13.2 Å². The molecule has 0 saturated carbocycles. The van der Waals surface area contributed by atoms with E-state index < -0.39 is 15.8 Å². The average molecular weight is 386 g/mol. The lowest BCUT2D eigenvalue weighted by Crippen LogP contribution is -2.23. The number of nitrogens with one attached hydrogen (secondary N) is 1. The van der Waals surface area contributed by atoms with Gasteiger partial charge in [-0.2, -0.15) is 0 Å². The van der Waals surface area contributed by atoms with Crippen LogP contribution in [0.15, 0.2) is 63.0 Å². The Morgan fingerprint density at radius 2 is 2.11 bits per heavy atom. The van der Waals surface area contributed by atoms with Gasteiger partial charge in [0.15, 0.2) is 5.58 Å². The zero-order valence-corrected chi connectivity index (χ0v) is 14.9. The van der Waals surface area contributed by atoms with Crippen LogP contribution in [0.1, 0.15) is 5.69 Å². The molecule has 0 fully saturated rings. The number of hydrogen-bond donors (Lipinski definition) is 1. The van der Waals surface area contributed by atoms with Crippen LogP contribution in [-0.2, 0) is 23.6 Å². The van der Waals surface area contributed by atoms with E-state index in [0.717, 1.165) is 0 Å². The largest absolute Gasteiger partial charge is 0.419 e. The summed E-state index contributed by atoms with van der Waals surface area (Å²) >= 11 is 0. The lowest BCUT2D eigenvalue weighted by atomic mass is 10.3. The van der Waals surface area contributed by atoms with Crippen LogP contribution in [0.5, 0.6) is 0 Å². The minimum atomic E-state index is -3.81. The fourth-order valence-electron chi connectivity index (χ4n) is 2.52. The summed E-state index contributed by atoms with van der Waals surface area (Å²) in [7, 11) is -2.30. The maximum atomic E-state index is 12.5. The predicted molar refractivity (Wildman–Crippen MR) is 94.6 cm³/mol. The number of oxazole rings is 1. The standard InChI is InChI=1S/C16H14N6O4S/c1-21-14-7-13(4-5-15(14)26-16(21)23)27(24,25)18-8-11-10-22(20-19-11)12-3-2-6-17-9-12/h2-7,9-10,18H,8H2,1H3. The third-order valence-corrected chi connectivity index (χ3v) is 5.37. The van der Waals surface area contributed by atoms with E-state index in [9.17, 15) is 13.2 Å². The Morgan fingerprint density at radius 1 is 1.26 bits per heavy atom. The van der Waals surface area contributed by atoms with Gasteiger partial charge in [0.1, 0.15) is 0 Å². The maximum Gasteiger partial charge on any atom is 0.419 e. The van der Waals surface area contributed by atoms with Gasteiger partial charge in [0.05, 0.1) is 40.7 Å². The van der Waals surface area contributed by atoms with Crippen molar-refractivity contribution >= 4 is 21.1 Å². The molecule has 4 rings (SSSR count). The van der Waals surface area contributed by atoms with Gasteiger partial charge in [-0.15, -0.1) is 5.10 Å². The normalized spacial score (nSPS) is 11.9. The van der Waals surface area contributed by atoms with Crippen LogP contribution in [0.3, 0.4) is 0 Å². The summed E-state index contributed by atoms with van der Waals surface area (Å²) in [5, 5.41) is 7.91. The Balaban J connectivity index is 1.55. The Kier molecular flexibility index (Phi) is 4.09. The minimum Gasteiger partial charge on any atom is -0.408 e. The first-order valence-electron chi connectivity index (χ1n) is 7.85. The highest BCUT2D eigenvalue weighted by atomic mass is 32.2. The van der Waals surface area contributed by atoms with E-state index in [-0.39, 0.29) is 11.4 Å². The summed E-state index contributed by atoms with van der Waals surface area (Å²) in [6.07, 6.45) is 4.87. The van der Waals surface area contributed by atoms with Crippen LogP contribution in [-0.4, -0.2) is 33.0 Å². The van der Waals surface area contributed by atoms with Gasteiger partial charge in [-0.25, -0.2) is 22.6 Å². The van der Waals surface area contributed by atoms with Crippen molar-refractivity contribution in [3.63, 3.8) is 0 Å². The molecular formula is C16H14N6O4S. The first-order valence-corrected chi connectivity index (χ1v) is 9.33. The quantitative estimate of drug-likeness (QED) is 0.532. The molecule has 1 aromatic carbocycles. The lowest BCUT2D eigenvalue weighted by Gasteiger charge is -2.05. The van der Waals surface area contributed by atoms with Crippen molar-refractivity contribution in [2.45, 2.75) is 11.4 Å². The molecule has 3 aromatic heterocycles. The smallest absolute Gasteiger partial charge is 0.408 e. The number of aryl methyl sites for hydroxylation is 1. The number of aromatic nitrogens is 5. The van der Waals surface area contributed by atoms with Crippen molar-refractivity contribution < 1.29 is 12.8 Å². The highest BCUT2D eigenvalue weighted by Gasteiger charge is 2.17. The number of hydrogen-bond acceptors (Lipinski definition) is 7. The van der Waals surface area contributed by atoms with Crippen LogP contribution >= 0.6 is 0 Å². The molecule has 0 aliphatic rings. The summed E-state index contributed by atoms with van der Waals surface area (Å²) in [4.78, 5) is 15.6. The van der Waals surface area contributed by atoms with E-state index >= 15 is 0 Å². The van der Waals surface area contributed by atoms with Crippen LogP contribution in [0.2, 0.25) is 0 Å². The van der Waals surface area contributed by atoms with E-state index in [4.69, 9.17) is 4.42 Å². The molecule has 0 aliphatic carbocycles. The Labute approximate surface area is 153 Å². The van der Waals surface area contributed by atoms with E-state index in [0.29, 0.717) is 22.5 Å². The van der Waals surface area contributed by atoms with E-state index in [2.05, 4.69) is 20.0 Å². The van der Waals surface area contributed by atoms with Crippen molar-refractivity contribution in [3.05, 3.63) is 65.2 Å². The Morgan fingerprint density at radius 3 is 2.89 bits per heavy atom. The summed E-state index contributed by atoms with van der Waals surface area (Å²) in [5.41, 5.74) is 1.87. The third kappa shape index (κ3) is 3.25. The number of pyridine rings is 1. The lowest BCUT2D eigenvalue weighted by molar-refractivity contribution is 0.528. The SMILES string of the molecule is Cn1c(=O)oc2ccc(S(=O)(=O)NCc3cn(-c4cccnc4)nn3)cc21. The number of nitrogens with zero attached hydrogens (tertiary/aromatic N) is 5. The molecule has 0 amide bonds. The molecule has 0 unspecified atom stereocenters. The van der Waals surface area contributed by atoms with Crippen LogP contribution in [0, 0.1) is 0 Å². The molecule has 0 bridgehead atoms. The molecule has 1 N–H and O–H groups in total. The van der Waals surface area contributed by atoms with Crippen molar-refractivity contribution in [2.24, 2.45) is 7.05 Å². The number of fused-ring (bicyclic) bond motifs is 1. The first-order chi connectivity index (χ1) is 12.9. The molecule has 11 heteroatoms. The van der Waals surface area contributed by atoms with E-state index in [1.54, 1.807) is 30.7 Å². The fraction of sp³-hybridized carbons (Fsp3) is 0.125. The molecule has 0 saturated heterocycles. The Hall–Kier alpha value is -3.31. The second-order valence-electron chi connectivity index (χ2n) is 5.75. The number of benzene rings is 1. The van der Waals surface area contributed by atoms with Crippen molar-refractivity contribution in [1.29, 1.82) is 0 Å². The highest BCUT2D eigenvalue weighted by Crippen LogP contribution is 2.18. The van der Waals surface area contributed by atoms with Gasteiger partial charge in [0.25, 0.3) is 0 Å². The fourth-order valence-corrected chi connectivity index (χ4v) is 3.54. The van der Waals surface area contributed by atoms with Gasteiger partial charge in [-0.05, 0) is 30.3 Å². The van der Waals surface area contributed by atoms with E-state index in [1.165, 1.54) is 34.5 Å². The van der Waals surface area contributed by atoms with Gasteiger partial charge in [-0.3, -0.25) is 9.55 Å². The predicted octanol–water partition coefficient (Wildman–Crippen LogP) is 0.586. The van der Waals surface area contributed by atoms with Gasteiger partial charge < -0.3 is 4.42 Å². The molecule has 0 aliphatic heterocycles. The van der Waals surface area contributed by atoms with Crippen molar-refractivity contribution in [3.8, 4) is 5.69 Å². The second kappa shape index (κ2) is 6.45. The van der Waals surface area contributed by atoms with E-state index in [1.807, 2.05) is 0 Å². The summed E-state index contributed by atoms with van der Waals surface area (Å²) in [6, 6.07) is 7.78. The summed E-state index contributed by atoms with van der Waals surface area (Å²) < 4.78 is 35.3. The van der Waals surface area contributed by atoms with Gasteiger partial charge >= 0.3 is 5.76 Å². The summed E-state index contributed by atoms with van der Waals surface area (Å²) in [6.45, 7) is -0.0368. The van der Waals surface area contributed by atoms with Crippen molar-refractivity contribution in [1.82, 2.24) is 29.3 Å². The molecule has 0 atom stereocenters. The van der Waals surface area contributed by atoms with Gasteiger partial charge in [-0.1, -0.05) is 5.21 Å². The van der Waals surface area contributed by atoms with Crippen LogP contribution in [0.4, 0.5) is 0 Å². The summed E-state index contributed by atoms with van der Waals surface area (Å²) in [5.74, 6) is -0.556. The number of sulfonamides is 1. The topological polar surface area (TPSA) is 125 Å². The monoisotopic (exact) mass is 386 g/mol. The molecule has 27 heavy (non-hydrogen) atoms. The Bertz CT molecular complexity index is 1270. The molecule has 4 aromatic rings. The third-order valence-electron chi connectivity index (χ3n) is 3.97. The highest BCUT2D eigenvalue weighted by molar-refractivity contribution is 7.89. The molecular weight excluding hydrogens is 372 g/mol. The molecule has 0 spiro atoms. The van der Waals surface area contributed by atoms with Crippen molar-refractivity contribution in [2.75, 3.05) is 0 Å². The number of rotatable bonds is 5. The van der Waals surface area contributed by atoms with Gasteiger partial charge in [0.2, 0.25) is 10.0 Å². The zero-order valence-electron chi connectivity index (χ0n) is 14.1. The maximum absolute atomic E-state index is 12.5. The molecule has 0 radical (unpaired) electrons. The minimum absolute atomic E-state index is 0.0195. The zero-order chi connectivity index (χ0) is 19.0. The average Bonchev–Trinajstić information content (AvgIpc) is 3.26. The molecule has 3 heterocycles. The van der Waals surface area contributed by atoms with Crippen LogP contribution < -0.4 is 10.5 Å². The molecule has 10 nitrogen and oxygen atoms in total. The second-order valence-corrected chi connectivity index (χ2v) is 7.51. The van der Waals surface area contributed by atoms with Crippen LogP contribution in [0.25, 0.3) is 16.8 Å².